The average molecular weight is 393 g/mol. The molecule has 1 aliphatic heterocycles. The highest BCUT2D eigenvalue weighted by Crippen LogP contribution is 2.31. The monoisotopic (exact) mass is 393 g/mol. The fourth-order valence-electron chi connectivity index (χ4n) is 3.47. The van der Waals surface area contributed by atoms with Gasteiger partial charge in [0.05, 0.1) is 17.4 Å². The maximum Gasteiger partial charge on any atom is 0.321 e. The van der Waals surface area contributed by atoms with Gasteiger partial charge < -0.3 is 15.0 Å². The maximum absolute atomic E-state index is 11.9. The first-order chi connectivity index (χ1) is 14.1. The number of ether oxygens (including phenoxy) is 1. The Morgan fingerprint density at radius 2 is 2.10 bits per heavy atom. The van der Waals surface area contributed by atoms with Gasteiger partial charge in [-0.3, -0.25) is 9.78 Å². The number of hydrogen-bond acceptors (Lipinski definition) is 5. The van der Waals surface area contributed by atoms with Gasteiger partial charge in [-0.15, -0.1) is 0 Å². The van der Waals surface area contributed by atoms with E-state index in [1.54, 1.807) is 26.5 Å². The minimum absolute atomic E-state index is 0.142. The highest BCUT2D eigenvalue weighted by molar-refractivity contribution is 5.97. The number of carbonyl (C=O) groups excluding carboxylic acids is 2. The molecule has 3 aromatic rings. The molecule has 1 aliphatic rings. The van der Waals surface area contributed by atoms with Crippen molar-refractivity contribution in [3.63, 3.8) is 0 Å². The molecule has 2 amide bonds. The van der Waals surface area contributed by atoms with Crippen molar-refractivity contribution in [1.82, 2.24) is 19.7 Å². The molecule has 0 aliphatic carbocycles. The molecule has 1 atom stereocenters. The van der Waals surface area contributed by atoms with Gasteiger partial charge in [0.2, 0.25) is 0 Å². The van der Waals surface area contributed by atoms with E-state index in [-0.39, 0.29) is 12.3 Å². The lowest BCUT2D eigenvalue weighted by Gasteiger charge is -2.23. The van der Waals surface area contributed by atoms with Crippen molar-refractivity contribution in [2.45, 2.75) is 25.5 Å². The summed E-state index contributed by atoms with van der Waals surface area (Å²) in [6.07, 6.45) is 6.97. The van der Waals surface area contributed by atoms with Crippen LogP contribution in [0.3, 0.4) is 0 Å². The summed E-state index contributed by atoms with van der Waals surface area (Å²) in [7, 11) is 3.35. The first kappa shape index (κ1) is 19.1. The van der Waals surface area contributed by atoms with E-state index in [2.05, 4.69) is 15.4 Å². The van der Waals surface area contributed by atoms with Crippen molar-refractivity contribution >= 4 is 28.9 Å². The smallest absolute Gasteiger partial charge is 0.321 e. The van der Waals surface area contributed by atoms with Gasteiger partial charge in [0.1, 0.15) is 5.69 Å². The molecule has 0 saturated carbocycles. The Morgan fingerprint density at radius 1 is 1.24 bits per heavy atom. The van der Waals surface area contributed by atoms with Crippen LogP contribution in [0.2, 0.25) is 0 Å². The van der Waals surface area contributed by atoms with Gasteiger partial charge in [-0.05, 0) is 43.0 Å². The van der Waals surface area contributed by atoms with Crippen LogP contribution in [0, 0.1) is 0 Å². The predicted molar refractivity (Wildman–Crippen MR) is 110 cm³/mol. The van der Waals surface area contributed by atoms with Gasteiger partial charge in [-0.25, -0.2) is 9.48 Å². The second-order valence-corrected chi connectivity index (χ2v) is 7.29. The predicted octanol–water partition coefficient (Wildman–Crippen LogP) is 3.70. The van der Waals surface area contributed by atoms with Crippen molar-refractivity contribution in [2.24, 2.45) is 0 Å². The van der Waals surface area contributed by atoms with E-state index >= 15 is 0 Å². The van der Waals surface area contributed by atoms with E-state index in [9.17, 15) is 9.59 Å². The van der Waals surface area contributed by atoms with E-state index < -0.39 is 0 Å². The van der Waals surface area contributed by atoms with Gasteiger partial charge in [-0.2, -0.15) is 5.10 Å². The summed E-state index contributed by atoms with van der Waals surface area (Å²) in [4.78, 5) is 29.2. The number of fused-ring (bicyclic) bond motifs is 1. The second kappa shape index (κ2) is 8.00. The largest absolute Gasteiger partial charge is 0.356 e. The molecule has 29 heavy (non-hydrogen) atoms. The molecule has 1 N–H and O–H groups in total. The summed E-state index contributed by atoms with van der Waals surface area (Å²) in [5, 5.41) is 8.05. The van der Waals surface area contributed by atoms with Crippen LogP contribution < -0.4 is 5.32 Å². The number of benzene rings is 1. The van der Waals surface area contributed by atoms with E-state index in [0.29, 0.717) is 18.0 Å². The average Bonchev–Trinajstić information content (AvgIpc) is 3.12. The molecular weight excluding hydrogens is 370 g/mol. The Balaban J connectivity index is 1.70. The molecule has 8 nitrogen and oxygen atoms in total. The fraction of sp³-hybridized carbons (Fsp3) is 0.333. The Bertz CT molecular complexity index is 1050. The highest BCUT2D eigenvalue weighted by atomic mass is 16.5. The van der Waals surface area contributed by atoms with Crippen LogP contribution >= 0.6 is 0 Å². The van der Waals surface area contributed by atoms with Crippen molar-refractivity contribution in [3.05, 3.63) is 42.4 Å². The Hall–Kier alpha value is -3.26. The van der Waals surface area contributed by atoms with Gasteiger partial charge in [0, 0.05) is 37.8 Å². The van der Waals surface area contributed by atoms with Crippen LogP contribution in [0.4, 0.5) is 10.5 Å². The summed E-state index contributed by atoms with van der Waals surface area (Å²) < 4.78 is 7.66. The number of nitrogens with one attached hydrogen (secondary N) is 1. The number of rotatable bonds is 4. The van der Waals surface area contributed by atoms with Crippen molar-refractivity contribution in [3.8, 4) is 11.1 Å². The summed E-state index contributed by atoms with van der Waals surface area (Å²) in [5.41, 5.74) is 3.58. The molecule has 1 saturated heterocycles. The Kier molecular flexibility index (Phi) is 5.26. The quantitative estimate of drug-likeness (QED) is 0.683. The number of aromatic nitrogens is 3. The fourth-order valence-corrected chi connectivity index (χ4v) is 3.47. The number of nitrogens with zero attached hydrogens (tertiary/aromatic N) is 4. The molecule has 4 rings (SSSR count). The van der Waals surface area contributed by atoms with Crippen LogP contribution in [0.15, 0.2) is 36.7 Å². The lowest BCUT2D eigenvalue weighted by Crippen LogP contribution is -2.27. The van der Waals surface area contributed by atoms with Crippen LogP contribution in [0.25, 0.3) is 22.0 Å². The third kappa shape index (κ3) is 3.84. The molecule has 1 fully saturated rings. The lowest BCUT2D eigenvalue weighted by atomic mass is 10.0. The third-order valence-electron chi connectivity index (χ3n) is 5.00. The van der Waals surface area contributed by atoms with Crippen molar-refractivity contribution in [1.29, 1.82) is 0 Å². The van der Waals surface area contributed by atoms with Crippen LogP contribution in [0.1, 0.15) is 36.0 Å². The van der Waals surface area contributed by atoms with E-state index in [1.165, 1.54) is 4.90 Å². The number of pyridine rings is 1. The number of amides is 2. The molecule has 0 bridgehead atoms. The number of aldehydes is 1. The summed E-state index contributed by atoms with van der Waals surface area (Å²) >= 11 is 0. The first-order valence-corrected chi connectivity index (χ1v) is 9.59. The van der Waals surface area contributed by atoms with Gasteiger partial charge in [-0.1, -0.05) is 6.07 Å². The van der Waals surface area contributed by atoms with Crippen LogP contribution in [-0.2, 0) is 4.74 Å². The number of hydrogen-bond donors (Lipinski definition) is 1. The molecule has 1 unspecified atom stereocenters. The van der Waals surface area contributed by atoms with Crippen molar-refractivity contribution < 1.29 is 14.3 Å². The zero-order valence-corrected chi connectivity index (χ0v) is 16.5. The number of anilines is 1. The number of urea groups is 1. The molecule has 3 heterocycles. The molecular formula is C21H23N5O3. The normalized spacial score (nSPS) is 16.6. The minimum atomic E-state index is -0.226. The molecule has 2 aromatic heterocycles. The minimum Gasteiger partial charge on any atom is -0.356 e. The van der Waals surface area contributed by atoms with Crippen LogP contribution in [-0.4, -0.2) is 52.7 Å². The topological polar surface area (TPSA) is 89.4 Å². The molecule has 0 spiro atoms. The van der Waals surface area contributed by atoms with Gasteiger partial charge in [0.15, 0.2) is 12.5 Å². The van der Waals surface area contributed by atoms with Crippen molar-refractivity contribution in [2.75, 3.05) is 26.0 Å². The zero-order valence-electron chi connectivity index (χ0n) is 16.5. The summed E-state index contributed by atoms with van der Waals surface area (Å²) in [5.74, 6) is 0. The summed E-state index contributed by atoms with van der Waals surface area (Å²) in [6.45, 7) is 0.706. The molecule has 1 aromatic carbocycles. The van der Waals surface area contributed by atoms with E-state index in [4.69, 9.17) is 4.74 Å². The highest BCUT2D eigenvalue weighted by Gasteiger charge is 2.21. The SMILES string of the molecule is CN(C)C(=O)Nc1cncc(-c2ccc3c(c2)c(C=O)nn3C2CCCCO2)c1. The first-order valence-electron chi connectivity index (χ1n) is 9.59. The van der Waals surface area contributed by atoms with Gasteiger partial charge >= 0.3 is 6.03 Å². The lowest BCUT2D eigenvalue weighted by molar-refractivity contribution is -0.0367. The Labute approximate surface area is 168 Å². The number of carbonyl (C=O) groups is 2. The van der Waals surface area contributed by atoms with E-state index in [1.807, 2.05) is 28.9 Å². The molecule has 8 heteroatoms. The standard InChI is InChI=1S/C21H23N5O3/c1-25(2)21(28)23-16-9-15(11-22-12-16)14-6-7-19-17(10-14)18(13-27)24-26(19)20-5-3-4-8-29-20/h6-7,9-13,20H,3-5,8H2,1-2H3,(H,23,28). The van der Waals surface area contributed by atoms with Crippen LogP contribution in [0.5, 0.6) is 0 Å². The molecule has 0 radical (unpaired) electrons. The second-order valence-electron chi connectivity index (χ2n) is 7.29. The maximum atomic E-state index is 11.9. The molecule has 150 valence electrons. The zero-order chi connectivity index (χ0) is 20.4. The third-order valence-corrected chi connectivity index (χ3v) is 5.00. The summed E-state index contributed by atoms with van der Waals surface area (Å²) in [6, 6.07) is 7.47. The van der Waals surface area contributed by atoms with Gasteiger partial charge in [0.25, 0.3) is 0 Å². The van der Waals surface area contributed by atoms with E-state index in [0.717, 1.165) is 47.6 Å². The Morgan fingerprint density at radius 3 is 2.83 bits per heavy atom.